The average molecular weight is 208 g/mol. The minimum Gasteiger partial charge on any atom is -0.355 e. The molecule has 78 valence electrons. The van der Waals surface area contributed by atoms with E-state index in [4.69, 9.17) is 5.26 Å². The molecule has 0 atom stereocenters. The summed E-state index contributed by atoms with van der Waals surface area (Å²) in [7, 11) is 0. The molecule has 2 heteroatoms. The van der Waals surface area contributed by atoms with Gasteiger partial charge in [-0.15, -0.1) is 0 Å². The first-order valence-corrected chi connectivity index (χ1v) is 5.13. The molecule has 0 aliphatic heterocycles. The predicted molar refractivity (Wildman–Crippen MR) is 65.6 cm³/mol. The molecule has 16 heavy (non-hydrogen) atoms. The van der Waals surface area contributed by atoms with Gasteiger partial charge in [0.1, 0.15) is 0 Å². The molecule has 0 saturated heterocycles. The van der Waals surface area contributed by atoms with Crippen LogP contribution in [0.5, 0.6) is 0 Å². The Morgan fingerprint density at radius 2 is 1.75 bits per heavy atom. The molecule has 0 amide bonds. The molecule has 0 unspecified atom stereocenters. The van der Waals surface area contributed by atoms with Crippen LogP contribution in [0, 0.1) is 18.3 Å². The molecule has 0 aliphatic rings. The van der Waals surface area contributed by atoms with E-state index in [2.05, 4.69) is 11.4 Å². The molecule has 2 rings (SSSR count). The van der Waals surface area contributed by atoms with Crippen molar-refractivity contribution in [1.29, 1.82) is 5.26 Å². The van der Waals surface area contributed by atoms with Crippen LogP contribution in [0.3, 0.4) is 0 Å². The molecule has 0 bridgehead atoms. The zero-order valence-corrected chi connectivity index (χ0v) is 9.07. The second-order valence-corrected chi connectivity index (χ2v) is 3.58. The third-order valence-electron chi connectivity index (χ3n) is 2.51. The monoisotopic (exact) mass is 208 g/mol. The molecule has 0 saturated carbocycles. The number of benzene rings is 2. The largest absolute Gasteiger partial charge is 0.355 e. The fraction of sp³-hybridized carbons (Fsp3) is 0.0714. The molecule has 2 nitrogen and oxygen atoms in total. The summed E-state index contributed by atoms with van der Waals surface area (Å²) in [5, 5.41) is 12.2. The Morgan fingerprint density at radius 1 is 1.00 bits per heavy atom. The van der Waals surface area contributed by atoms with Crippen LogP contribution in [-0.2, 0) is 0 Å². The Labute approximate surface area is 95.2 Å². The summed E-state index contributed by atoms with van der Waals surface area (Å²) < 4.78 is 0. The van der Waals surface area contributed by atoms with Crippen molar-refractivity contribution in [3.05, 3.63) is 59.7 Å². The number of nitrogens with zero attached hydrogens (tertiary/aromatic N) is 1. The first-order chi connectivity index (χ1) is 7.81. The van der Waals surface area contributed by atoms with Gasteiger partial charge in [0.25, 0.3) is 0 Å². The van der Waals surface area contributed by atoms with Crippen LogP contribution in [0.25, 0.3) is 0 Å². The zero-order chi connectivity index (χ0) is 11.4. The highest BCUT2D eigenvalue weighted by molar-refractivity contribution is 5.65. The Balaban J connectivity index is 2.33. The van der Waals surface area contributed by atoms with Gasteiger partial charge in [-0.1, -0.05) is 24.3 Å². The summed E-state index contributed by atoms with van der Waals surface area (Å²) in [6.45, 7) is 1.95. The van der Waals surface area contributed by atoms with E-state index in [1.165, 1.54) is 0 Å². The van der Waals surface area contributed by atoms with Gasteiger partial charge in [0.15, 0.2) is 0 Å². The Kier molecular flexibility index (Phi) is 2.88. The lowest BCUT2D eigenvalue weighted by Gasteiger charge is -2.10. The number of hydrogen-bond acceptors (Lipinski definition) is 2. The van der Waals surface area contributed by atoms with E-state index in [0.717, 1.165) is 16.9 Å². The fourth-order valence-electron chi connectivity index (χ4n) is 1.57. The highest BCUT2D eigenvalue weighted by atomic mass is 14.9. The molecule has 1 N–H and O–H groups in total. The maximum Gasteiger partial charge on any atom is 0.0995 e. The second kappa shape index (κ2) is 4.50. The average Bonchev–Trinajstić information content (AvgIpc) is 2.33. The van der Waals surface area contributed by atoms with Crippen LogP contribution < -0.4 is 5.32 Å². The lowest BCUT2D eigenvalue weighted by Crippen LogP contribution is -1.94. The number of anilines is 2. The number of para-hydroxylation sites is 1. The first-order valence-electron chi connectivity index (χ1n) is 5.13. The number of nitrogens with one attached hydrogen (secondary N) is 1. The lowest BCUT2D eigenvalue weighted by atomic mass is 10.1. The van der Waals surface area contributed by atoms with E-state index in [0.29, 0.717) is 5.56 Å². The molecule has 2 aromatic rings. The highest BCUT2D eigenvalue weighted by Gasteiger charge is 2.02. The van der Waals surface area contributed by atoms with Crippen molar-refractivity contribution >= 4 is 11.4 Å². The summed E-state index contributed by atoms with van der Waals surface area (Å²) in [4.78, 5) is 0. The molecule has 0 aliphatic carbocycles. The summed E-state index contributed by atoms with van der Waals surface area (Å²) in [6, 6.07) is 17.8. The van der Waals surface area contributed by atoms with Gasteiger partial charge in [-0.05, 0) is 36.8 Å². The van der Waals surface area contributed by atoms with E-state index in [1.54, 1.807) is 0 Å². The van der Waals surface area contributed by atoms with E-state index >= 15 is 0 Å². The van der Waals surface area contributed by atoms with Gasteiger partial charge in [-0.3, -0.25) is 0 Å². The molecule has 0 heterocycles. The van der Waals surface area contributed by atoms with Crippen molar-refractivity contribution in [3.63, 3.8) is 0 Å². The summed E-state index contributed by atoms with van der Waals surface area (Å²) in [6.07, 6.45) is 0. The van der Waals surface area contributed by atoms with Crippen molar-refractivity contribution in [2.75, 3.05) is 5.32 Å². The third kappa shape index (κ3) is 2.04. The van der Waals surface area contributed by atoms with Crippen LogP contribution >= 0.6 is 0 Å². The van der Waals surface area contributed by atoms with Crippen molar-refractivity contribution in [2.45, 2.75) is 6.92 Å². The molecule has 0 aromatic heterocycles. The van der Waals surface area contributed by atoms with Crippen LogP contribution in [0.2, 0.25) is 0 Å². The third-order valence-corrected chi connectivity index (χ3v) is 2.51. The van der Waals surface area contributed by atoms with Crippen LogP contribution in [0.15, 0.2) is 48.5 Å². The summed E-state index contributed by atoms with van der Waals surface area (Å²) in [5.41, 5.74) is 3.70. The SMILES string of the molecule is Cc1c(C#N)cccc1Nc1ccccc1. The number of nitriles is 1. The van der Waals surface area contributed by atoms with E-state index in [-0.39, 0.29) is 0 Å². The van der Waals surface area contributed by atoms with Crippen molar-refractivity contribution in [1.82, 2.24) is 0 Å². The van der Waals surface area contributed by atoms with E-state index in [1.807, 2.05) is 55.5 Å². The van der Waals surface area contributed by atoms with Crippen molar-refractivity contribution in [3.8, 4) is 6.07 Å². The highest BCUT2D eigenvalue weighted by Crippen LogP contribution is 2.22. The first kappa shape index (κ1) is 10.3. The summed E-state index contributed by atoms with van der Waals surface area (Å²) in [5.74, 6) is 0. The van der Waals surface area contributed by atoms with Gasteiger partial charge >= 0.3 is 0 Å². The normalized spacial score (nSPS) is 9.50. The van der Waals surface area contributed by atoms with Gasteiger partial charge in [0.05, 0.1) is 11.6 Å². The molecular formula is C14H12N2. The van der Waals surface area contributed by atoms with E-state index in [9.17, 15) is 0 Å². The number of hydrogen-bond donors (Lipinski definition) is 1. The van der Waals surface area contributed by atoms with Gasteiger partial charge in [0, 0.05) is 11.4 Å². The minimum atomic E-state index is 0.709. The van der Waals surface area contributed by atoms with E-state index < -0.39 is 0 Å². The molecular weight excluding hydrogens is 196 g/mol. The van der Waals surface area contributed by atoms with Crippen LogP contribution in [-0.4, -0.2) is 0 Å². The molecule has 0 spiro atoms. The van der Waals surface area contributed by atoms with Gasteiger partial charge in [-0.2, -0.15) is 5.26 Å². The van der Waals surface area contributed by atoms with Gasteiger partial charge in [-0.25, -0.2) is 0 Å². The lowest BCUT2D eigenvalue weighted by molar-refractivity contribution is 1.38. The maximum absolute atomic E-state index is 8.93. The Morgan fingerprint density at radius 3 is 2.44 bits per heavy atom. The second-order valence-electron chi connectivity index (χ2n) is 3.58. The minimum absolute atomic E-state index is 0.709. The standard InChI is InChI=1S/C14H12N2/c1-11-12(10-15)6-5-9-14(11)16-13-7-3-2-4-8-13/h2-9,16H,1H3. The van der Waals surface area contributed by atoms with Crippen molar-refractivity contribution < 1.29 is 0 Å². The van der Waals surface area contributed by atoms with Gasteiger partial charge in [0.2, 0.25) is 0 Å². The van der Waals surface area contributed by atoms with Crippen LogP contribution in [0.4, 0.5) is 11.4 Å². The summed E-state index contributed by atoms with van der Waals surface area (Å²) >= 11 is 0. The number of rotatable bonds is 2. The van der Waals surface area contributed by atoms with Gasteiger partial charge < -0.3 is 5.32 Å². The Hall–Kier alpha value is -2.27. The maximum atomic E-state index is 8.93. The molecule has 0 radical (unpaired) electrons. The topological polar surface area (TPSA) is 35.8 Å². The molecule has 0 fully saturated rings. The van der Waals surface area contributed by atoms with Crippen LogP contribution in [0.1, 0.15) is 11.1 Å². The smallest absolute Gasteiger partial charge is 0.0995 e. The predicted octanol–water partition coefficient (Wildman–Crippen LogP) is 3.61. The quantitative estimate of drug-likeness (QED) is 0.818. The molecule has 2 aromatic carbocycles. The fourth-order valence-corrected chi connectivity index (χ4v) is 1.57. The Bertz CT molecular complexity index is 524. The van der Waals surface area contributed by atoms with Crippen molar-refractivity contribution in [2.24, 2.45) is 0 Å². The zero-order valence-electron chi connectivity index (χ0n) is 9.07.